The number of thiazole rings is 1. The molecule has 0 bridgehead atoms. The lowest BCUT2D eigenvalue weighted by molar-refractivity contribution is 0.0376. The largest absolute Gasteiger partial charge is 0.379 e. The van der Waals surface area contributed by atoms with Gasteiger partial charge in [-0.1, -0.05) is 50.5 Å². The first-order chi connectivity index (χ1) is 14.9. The van der Waals surface area contributed by atoms with Gasteiger partial charge < -0.3 is 4.74 Å². The molecule has 0 spiro atoms. The third-order valence-electron chi connectivity index (χ3n) is 5.33. The van der Waals surface area contributed by atoms with E-state index < -0.39 is 0 Å². The molecule has 0 atom stereocenters. The minimum Gasteiger partial charge on any atom is -0.379 e. The topological polar surface area (TPSA) is 45.7 Å². The van der Waals surface area contributed by atoms with Crippen LogP contribution in [0.1, 0.15) is 22.3 Å². The second-order valence-corrected chi connectivity index (χ2v) is 10.1. The predicted octanol–water partition coefficient (Wildman–Crippen LogP) is 6.04. The molecule has 1 aliphatic heterocycles. The first-order valence-corrected chi connectivity index (χ1v) is 12.4. The zero-order valence-corrected chi connectivity index (χ0v) is 21.0. The molecule has 31 heavy (non-hydrogen) atoms. The molecule has 3 aromatic rings. The molecule has 5 nitrogen and oxygen atoms in total. The molecule has 2 heterocycles. The fourth-order valence-corrected chi connectivity index (χ4v) is 5.33. The summed E-state index contributed by atoms with van der Waals surface area (Å²) < 4.78 is 7.24. The van der Waals surface area contributed by atoms with Crippen LogP contribution in [0.15, 0.2) is 34.8 Å². The van der Waals surface area contributed by atoms with Crippen molar-refractivity contribution in [1.29, 1.82) is 0 Å². The van der Waals surface area contributed by atoms with Gasteiger partial charge in [0.15, 0.2) is 5.13 Å². The molecule has 0 saturated carbocycles. The Hall–Kier alpha value is -1.22. The lowest BCUT2D eigenvalue weighted by atomic mass is 10.2. The van der Waals surface area contributed by atoms with Crippen molar-refractivity contribution in [2.24, 2.45) is 0 Å². The number of halogens is 3. The summed E-state index contributed by atoms with van der Waals surface area (Å²) in [6.45, 7) is 6.75. The monoisotopic (exact) mass is 541 g/mol. The van der Waals surface area contributed by atoms with E-state index in [0.29, 0.717) is 27.3 Å². The minimum absolute atomic E-state index is 0.156. The number of hydrogen-bond donors (Lipinski definition) is 0. The number of carbonyl (C=O) groups excluding carboxylic acids is 1. The number of fused-ring (bicyclic) bond motifs is 1. The van der Waals surface area contributed by atoms with Crippen molar-refractivity contribution in [3.63, 3.8) is 0 Å². The molecule has 0 N–H and O–H groups in total. The van der Waals surface area contributed by atoms with Crippen LogP contribution in [0.4, 0.5) is 5.13 Å². The van der Waals surface area contributed by atoms with Crippen LogP contribution in [-0.2, 0) is 4.74 Å². The Morgan fingerprint density at radius 3 is 2.74 bits per heavy atom. The molecule has 9 heteroatoms. The maximum absolute atomic E-state index is 13.6. The fourth-order valence-electron chi connectivity index (χ4n) is 3.57. The zero-order chi connectivity index (χ0) is 22.0. The fraction of sp³-hybridized carbons (Fsp3) is 0.364. The zero-order valence-electron chi connectivity index (χ0n) is 17.0. The smallest absolute Gasteiger partial charge is 0.261 e. The van der Waals surface area contributed by atoms with Crippen molar-refractivity contribution in [2.75, 3.05) is 44.3 Å². The van der Waals surface area contributed by atoms with E-state index in [1.807, 2.05) is 25.1 Å². The molecule has 1 aromatic heterocycles. The molecule has 2 aromatic carbocycles. The maximum atomic E-state index is 13.6. The molecule has 0 aliphatic carbocycles. The van der Waals surface area contributed by atoms with E-state index in [4.69, 9.17) is 32.9 Å². The predicted molar refractivity (Wildman–Crippen MR) is 132 cm³/mol. The molecule has 1 amide bonds. The van der Waals surface area contributed by atoms with Gasteiger partial charge in [-0.3, -0.25) is 14.6 Å². The highest BCUT2D eigenvalue weighted by Crippen LogP contribution is 2.35. The highest BCUT2D eigenvalue weighted by atomic mass is 79.9. The van der Waals surface area contributed by atoms with Gasteiger partial charge in [-0.05, 0) is 49.2 Å². The molecular weight excluding hydrogens is 521 g/mol. The quantitative estimate of drug-likeness (QED) is 0.380. The summed E-state index contributed by atoms with van der Waals surface area (Å²) in [5, 5.41) is 1.75. The number of carbonyl (C=O) groups is 1. The number of benzene rings is 2. The Kier molecular flexibility index (Phi) is 7.52. The number of amides is 1. The molecule has 1 fully saturated rings. The van der Waals surface area contributed by atoms with Crippen molar-refractivity contribution >= 4 is 71.7 Å². The van der Waals surface area contributed by atoms with Crippen molar-refractivity contribution in [1.82, 2.24) is 9.88 Å². The Bertz CT molecular complexity index is 1100. The SMILES string of the molecule is Cc1c(Cl)ccc2sc(N(CCCN3CCOCC3)C(=O)c3cc(Br)ccc3Cl)nc12. The van der Waals surface area contributed by atoms with Crippen LogP contribution in [0.2, 0.25) is 10.0 Å². The highest BCUT2D eigenvalue weighted by molar-refractivity contribution is 9.10. The third-order valence-corrected chi connectivity index (χ3v) is 7.61. The summed E-state index contributed by atoms with van der Waals surface area (Å²) in [5.41, 5.74) is 2.21. The van der Waals surface area contributed by atoms with E-state index in [0.717, 1.165) is 59.5 Å². The standard InChI is InChI=1S/C22H22BrCl2N3O2S/c1-14-17(24)5-6-19-20(14)26-22(31-19)28(8-2-7-27-9-11-30-12-10-27)21(29)16-13-15(23)3-4-18(16)25/h3-6,13H,2,7-12H2,1H3. The van der Waals surface area contributed by atoms with Gasteiger partial charge in [0.2, 0.25) is 0 Å². The number of aromatic nitrogens is 1. The van der Waals surface area contributed by atoms with E-state index in [2.05, 4.69) is 20.8 Å². The van der Waals surface area contributed by atoms with Crippen LogP contribution in [0.5, 0.6) is 0 Å². The van der Waals surface area contributed by atoms with Crippen LogP contribution >= 0.6 is 50.5 Å². The Labute approximate surface area is 204 Å². The summed E-state index contributed by atoms with van der Waals surface area (Å²) in [7, 11) is 0. The lowest BCUT2D eigenvalue weighted by Gasteiger charge is -2.28. The van der Waals surface area contributed by atoms with Crippen molar-refractivity contribution in [3.05, 3.63) is 56.0 Å². The minimum atomic E-state index is -0.156. The number of anilines is 1. The Balaban J connectivity index is 1.64. The maximum Gasteiger partial charge on any atom is 0.261 e. The van der Waals surface area contributed by atoms with Gasteiger partial charge in [-0.15, -0.1) is 0 Å². The molecule has 1 saturated heterocycles. The van der Waals surface area contributed by atoms with Crippen molar-refractivity contribution in [3.8, 4) is 0 Å². The molecular formula is C22H22BrCl2N3O2S. The van der Waals surface area contributed by atoms with Gasteiger partial charge in [0.25, 0.3) is 5.91 Å². The van der Waals surface area contributed by atoms with Crippen LogP contribution in [-0.4, -0.2) is 55.2 Å². The van der Waals surface area contributed by atoms with Crippen LogP contribution in [0, 0.1) is 6.92 Å². The first kappa shape index (κ1) is 23.0. The van der Waals surface area contributed by atoms with Gasteiger partial charge in [-0.2, -0.15) is 0 Å². The van der Waals surface area contributed by atoms with Gasteiger partial charge in [0.05, 0.1) is 34.0 Å². The number of aryl methyl sites for hydroxylation is 1. The van der Waals surface area contributed by atoms with Crippen molar-refractivity contribution in [2.45, 2.75) is 13.3 Å². The van der Waals surface area contributed by atoms with E-state index in [1.54, 1.807) is 17.0 Å². The molecule has 4 rings (SSSR count). The average molecular weight is 543 g/mol. The van der Waals surface area contributed by atoms with E-state index in [-0.39, 0.29) is 5.91 Å². The number of nitrogens with zero attached hydrogens (tertiary/aromatic N) is 3. The number of rotatable bonds is 6. The molecule has 1 aliphatic rings. The highest BCUT2D eigenvalue weighted by Gasteiger charge is 2.24. The summed E-state index contributed by atoms with van der Waals surface area (Å²) in [4.78, 5) is 22.4. The number of morpholine rings is 1. The van der Waals surface area contributed by atoms with Crippen molar-refractivity contribution < 1.29 is 9.53 Å². The summed E-state index contributed by atoms with van der Waals surface area (Å²) >= 11 is 17.6. The number of hydrogen-bond acceptors (Lipinski definition) is 5. The normalized spacial score (nSPS) is 14.8. The average Bonchev–Trinajstić information content (AvgIpc) is 3.20. The Morgan fingerprint density at radius 1 is 1.23 bits per heavy atom. The second kappa shape index (κ2) is 10.1. The second-order valence-electron chi connectivity index (χ2n) is 7.40. The number of ether oxygens (including phenoxy) is 1. The molecule has 164 valence electrons. The van der Waals surface area contributed by atoms with Gasteiger partial charge in [0.1, 0.15) is 0 Å². The van der Waals surface area contributed by atoms with Crippen LogP contribution in [0.25, 0.3) is 10.2 Å². The van der Waals surface area contributed by atoms with Crippen LogP contribution < -0.4 is 4.90 Å². The van der Waals surface area contributed by atoms with Gasteiger partial charge in [0, 0.05) is 35.7 Å². The molecule has 0 radical (unpaired) electrons. The molecule has 0 unspecified atom stereocenters. The van der Waals surface area contributed by atoms with E-state index in [1.165, 1.54) is 11.3 Å². The lowest BCUT2D eigenvalue weighted by Crippen LogP contribution is -2.39. The third kappa shape index (κ3) is 5.24. The van der Waals surface area contributed by atoms with Gasteiger partial charge in [-0.25, -0.2) is 4.98 Å². The Morgan fingerprint density at radius 2 is 1.97 bits per heavy atom. The van der Waals surface area contributed by atoms with Crippen LogP contribution in [0.3, 0.4) is 0 Å². The summed E-state index contributed by atoms with van der Waals surface area (Å²) in [6, 6.07) is 9.14. The van der Waals surface area contributed by atoms with Gasteiger partial charge >= 0.3 is 0 Å². The summed E-state index contributed by atoms with van der Waals surface area (Å²) in [6.07, 6.45) is 0.826. The van der Waals surface area contributed by atoms with E-state index >= 15 is 0 Å². The van der Waals surface area contributed by atoms with E-state index in [9.17, 15) is 4.79 Å². The first-order valence-electron chi connectivity index (χ1n) is 10.1. The summed E-state index contributed by atoms with van der Waals surface area (Å²) in [5.74, 6) is -0.156.